The van der Waals surface area contributed by atoms with Gasteiger partial charge < -0.3 is 11.1 Å². The predicted molar refractivity (Wildman–Crippen MR) is 92.6 cm³/mol. The lowest BCUT2D eigenvalue weighted by molar-refractivity contribution is -0.137. The minimum atomic E-state index is -1.12. The molecule has 0 saturated heterocycles. The van der Waals surface area contributed by atoms with Crippen molar-refractivity contribution in [2.75, 3.05) is 0 Å². The minimum Gasteiger partial charge on any atom is -0.363 e. The summed E-state index contributed by atoms with van der Waals surface area (Å²) in [5.74, 6) is -2.10. The highest BCUT2D eigenvalue weighted by Gasteiger charge is 2.27. The number of hydrogen-bond donors (Lipinski definition) is 2. The molecule has 3 heterocycles. The fourth-order valence-electron chi connectivity index (χ4n) is 2.31. The molecule has 3 aromatic heterocycles. The lowest BCUT2D eigenvalue weighted by Gasteiger charge is -2.15. The monoisotopic (exact) mass is 370 g/mol. The average molecular weight is 370 g/mol. The standard InChI is InChI=1S/C16H14N6O3S/c17-15(24)14(23)11(7-10-4-6-26-21-10)20-16(25)12-8-18-9-22(12)13-3-1-2-5-19-13/h1-6,8-9,11H,7H2,(H2,17,24)(H,20,25). The van der Waals surface area contributed by atoms with Crippen LogP contribution >= 0.6 is 11.5 Å². The van der Waals surface area contributed by atoms with Gasteiger partial charge in [-0.05, 0) is 29.7 Å². The number of hydrogen-bond acceptors (Lipinski definition) is 7. The second-order valence-corrected chi connectivity index (χ2v) is 5.95. The third-order valence-electron chi connectivity index (χ3n) is 3.54. The second-order valence-electron chi connectivity index (χ2n) is 5.29. The van der Waals surface area contributed by atoms with Crippen molar-refractivity contribution in [3.8, 4) is 5.82 Å². The molecule has 1 unspecified atom stereocenters. The summed E-state index contributed by atoms with van der Waals surface area (Å²) in [5.41, 5.74) is 5.84. The molecule has 0 radical (unpaired) electrons. The molecule has 9 nitrogen and oxygen atoms in total. The second kappa shape index (κ2) is 7.66. The molecule has 0 bridgehead atoms. The number of carbonyl (C=O) groups is 3. The smallest absolute Gasteiger partial charge is 0.287 e. The molecule has 0 spiro atoms. The maximum absolute atomic E-state index is 12.6. The number of Topliss-reactive ketones (excluding diaryl/α,β-unsaturated/α-hetero) is 1. The Hall–Kier alpha value is -3.40. The summed E-state index contributed by atoms with van der Waals surface area (Å²) in [4.78, 5) is 44.1. The van der Waals surface area contributed by atoms with Gasteiger partial charge in [-0.2, -0.15) is 4.37 Å². The normalized spacial score (nSPS) is 11.7. The number of amides is 2. The summed E-state index contributed by atoms with van der Waals surface area (Å²) in [5, 5.41) is 4.27. The van der Waals surface area contributed by atoms with E-state index in [1.54, 1.807) is 35.8 Å². The van der Waals surface area contributed by atoms with Crippen molar-refractivity contribution in [1.82, 2.24) is 24.2 Å². The minimum absolute atomic E-state index is 0.0642. The van der Waals surface area contributed by atoms with E-state index in [-0.39, 0.29) is 12.1 Å². The molecule has 3 aromatic rings. The summed E-state index contributed by atoms with van der Waals surface area (Å²) < 4.78 is 5.57. The third-order valence-corrected chi connectivity index (χ3v) is 4.13. The van der Waals surface area contributed by atoms with E-state index in [2.05, 4.69) is 19.7 Å². The number of rotatable bonds is 7. The number of nitrogens with one attached hydrogen (secondary N) is 1. The van der Waals surface area contributed by atoms with Crippen LogP contribution in [0.4, 0.5) is 0 Å². The van der Waals surface area contributed by atoms with Crippen molar-refractivity contribution < 1.29 is 14.4 Å². The van der Waals surface area contributed by atoms with Gasteiger partial charge in [0.25, 0.3) is 11.8 Å². The van der Waals surface area contributed by atoms with Gasteiger partial charge in [0.1, 0.15) is 23.9 Å². The van der Waals surface area contributed by atoms with Gasteiger partial charge in [0.2, 0.25) is 5.78 Å². The Balaban J connectivity index is 1.83. The summed E-state index contributed by atoms with van der Waals surface area (Å²) in [6, 6.07) is 5.81. The van der Waals surface area contributed by atoms with E-state index in [1.165, 1.54) is 28.6 Å². The van der Waals surface area contributed by atoms with Gasteiger partial charge in [-0.25, -0.2) is 9.97 Å². The van der Waals surface area contributed by atoms with Crippen LogP contribution in [0.15, 0.2) is 48.4 Å². The van der Waals surface area contributed by atoms with Crippen LogP contribution in [0, 0.1) is 0 Å². The zero-order valence-corrected chi connectivity index (χ0v) is 14.2. The van der Waals surface area contributed by atoms with E-state index in [0.29, 0.717) is 11.5 Å². The van der Waals surface area contributed by atoms with Gasteiger partial charge in [-0.3, -0.25) is 19.0 Å². The highest BCUT2D eigenvalue weighted by molar-refractivity contribution is 7.03. The zero-order valence-electron chi connectivity index (χ0n) is 13.4. The van der Waals surface area contributed by atoms with Crippen LogP contribution in [-0.2, 0) is 16.0 Å². The molecule has 10 heteroatoms. The molecule has 2 amide bonds. The molecule has 0 fully saturated rings. The number of aromatic nitrogens is 4. The molecule has 0 aromatic carbocycles. The maximum atomic E-state index is 12.6. The first-order chi connectivity index (χ1) is 12.6. The summed E-state index contributed by atoms with van der Waals surface area (Å²) in [6.07, 6.45) is 4.43. The summed E-state index contributed by atoms with van der Waals surface area (Å²) >= 11 is 1.21. The number of pyridine rings is 1. The predicted octanol–water partition coefficient (Wildman–Crippen LogP) is 0.119. The fourth-order valence-corrected chi connectivity index (χ4v) is 2.86. The van der Waals surface area contributed by atoms with E-state index < -0.39 is 23.6 Å². The summed E-state index contributed by atoms with van der Waals surface area (Å²) in [6.45, 7) is 0. The fraction of sp³-hybridized carbons (Fsp3) is 0.125. The Kier molecular flexibility index (Phi) is 5.13. The van der Waals surface area contributed by atoms with E-state index in [1.807, 2.05) is 0 Å². The molecule has 1 atom stereocenters. The third kappa shape index (κ3) is 3.81. The summed E-state index contributed by atoms with van der Waals surface area (Å²) in [7, 11) is 0. The van der Waals surface area contributed by atoms with Gasteiger partial charge in [0.15, 0.2) is 0 Å². The molecule has 3 N–H and O–H groups in total. The van der Waals surface area contributed by atoms with E-state index >= 15 is 0 Å². The number of primary amides is 1. The Bertz CT molecular complexity index is 923. The van der Waals surface area contributed by atoms with Crippen LogP contribution in [0.2, 0.25) is 0 Å². The number of imidazole rings is 1. The van der Waals surface area contributed by atoms with Crippen molar-refractivity contribution in [2.45, 2.75) is 12.5 Å². The molecular formula is C16H14N6O3S. The first-order valence-corrected chi connectivity index (χ1v) is 8.37. The van der Waals surface area contributed by atoms with Gasteiger partial charge in [-0.1, -0.05) is 6.07 Å². The molecule has 3 rings (SSSR count). The number of ketones is 1. The largest absolute Gasteiger partial charge is 0.363 e. The highest BCUT2D eigenvalue weighted by Crippen LogP contribution is 2.10. The molecule has 0 aliphatic heterocycles. The molecule has 0 aliphatic rings. The van der Waals surface area contributed by atoms with Crippen LogP contribution in [0.3, 0.4) is 0 Å². The van der Waals surface area contributed by atoms with Crippen LogP contribution in [0.25, 0.3) is 5.82 Å². The maximum Gasteiger partial charge on any atom is 0.287 e. The Morgan fingerprint density at radius 3 is 2.77 bits per heavy atom. The SMILES string of the molecule is NC(=O)C(=O)C(Cc1ccsn1)NC(=O)c1cncn1-c1ccccn1. The van der Waals surface area contributed by atoms with E-state index in [4.69, 9.17) is 5.73 Å². The molecular weight excluding hydrogens is 356 g/mol. The Morgan fingerprint density at radius 1 is 1.27 bits per heavy atom. The quantitative estimate of drug-likeness (QED) is 0.568. The van der Waals surface area contributed by atoms with Crippen molar-refractivity contribution in [3.05, 3.63) is 59.8 Å². The molecule has 0 aliphatic carbocycles. The van der Waals surface area contributed by atoms with E-state index in [9.17, 15) is 14.4 Å². The topological polar surface area (TPSA) is 133 Å². The molecule has 26 heavy (non-hydrogen) atoms. The van der Waals surface area contributed by atoms with Crippen LogP contribution in [0.5, 0.6) is 0 Å². The van der Waals surface area contributed by atoms with Crippen molar-refractivity contribution >= 4 is 29.1 Å². The molecule has 0 saturated carbocycles. The molecule has 132 valence electrons. The number of nitrogens with two attached hydrogens (primary N) is 1. The Labute approximate surface area is 152 Å². The first-order valence-electron chi connectivity index (χ1n) is 7.54. The van der Waals surface area contributed by atoms with Gasteiger partial charge >= 0.3 is 0 Å². The average Bonchev–Trinajstić information content (AvgIpc) is 3.32. The lowest BCUT2D eigenvalue weighted by Crippen LogP contribution is -2.47. The van der Waals surface area contributed by atoms with Crippen LogP contribution in [0.1, 0.15) is 16.2 Å². The van der Waals surface area contributed by atoms with Gasteiger partial charge in [-0.15, -0.1) is 0 Å². The van der Waals surface area contributed by atoms with Crippen molar-refractivity contribution in [2.24, 2.45) is 5.73 Å². The lowest BCUT2D eigenvalue weighted by atomic mass is 10.1. The number of carbonyl (C=O) groups excluding carboxylic acids is 3. The Morgan fingerprint density at radius 2 is 2.12 bits per heavy atom. The van der Waals surface area contributed by atoms with Crippen LogP contribution in [-0.4, -0.2) is 42.5 Å². The number of nitrogens with zero attached hydrogens (tertiary/aromatic N) is 4. The zero-order chi connectivity index (χ0) is 18.5. The van der Waals surface area contributed by atoms with Gasteiger partial charge in [0.05, 0.1) is 11.9 Å². The van der Waals surface area contributed by atoms with Gasteiger partial charge in [0, 0.05) is 18.0 Å². The first kappa shape index (κ1) is 17.4. The van der Waals surface area contributed by atoms with Crippen LogP contribution < -0.4 is 11.1 Å². The van der Waals surface area contributed by atoms with Crippen molar-refractivity contribution in [3.63, 3.8) is 0 Å². The van der Waals surface area contributed by atoms with Crippen molar-refractivity contribution in [1.29, 1.82) is 0 Å². The highest BCUT2D eigenvalue weighted by atomic mass is 32.1. The van der Waals surface area contributed by atoms with E-state index in [0.717, 1.165) is 0 Å².